The molecule has 0 N–H and O–H groups in total. The number of pyridine rings is 2. The molecule has 0 radical (unpaired) electrons. The van der Waals surface area contributed by atoms with Gasteiger partial charge in [-0.3, -0.25) is 4.79 Å². The van der Waals surface area contributed by atoms with Crippen LogP contribution in [0.1, 0.15) is 45.9 Å². The summed E-state index contributed by atoms with van der Waals surface area (Å²) in [5.41, 5.74) is 4.43. The molecule has 3 aromatic heterocycles. The number of aromatic nitrogens is 3. The Balaban J connectivity index is 1.46. The first-order chi connectivity index (χ1) is 12.3. The van der Waals surface area contributed by atoms with Crippen molar-refractivity contribution in [1.82, 2.24) is 20.0 Å². The number of carbonyl (C=O) groups is 1. The number of hydrogen-bond donors (Lipinski definition) is 0. The zero-order chi connectivity index (χ0) is 16.8. The Morgan fingerprint density at radius 2 is 2.12 bits per heavy atom. The predicted octanol–water partition coefficient (Wildman–Crippen LogP) is 2.70. The maximum absolute atomic E-state index is 13.0. The minimum Gasteiger partial charge on any atom is -0.360 e. The molecule has 5 rings (SSSR count). The second kappa shape index (κ2) is 5.65. The molecule has 0 atom stereocenters. The van der Waals surface area contributed by atoms with E-state index in [0.29, 0.717) is 18.8 Å². The average Bonchev–Trinajstić information content (AvgIpc) is 3.09. The molecular weight excluding hydrogens is 316 g/mol. The maximum atomic E-state index is 13.0. The fourth-order valence-corrected chi connectivity index (χ4v) is 3.84. The van der Waals surface area contributed by atoms with Crippen LogP contribution < -0.4 is 0 Å². The lowest BCUT2D eigenvalue weighted by Crippen LogP contribution is -2.37. The fraction of sp³-hybridized carbons (Fsp3) is 0.368. The molecule has 2 aliphatic rings. The van der Waals surface area contributed by atoms with Gasteiger partial charge in [-0.2, -0.15) is 0 Å². The lowest BCUT2D eigenvalue weighted by Gasteiger charge is -2.28. The number of amides is 1. The highest BCUT2D eigenvalue weighted by Crippen LogP contribution is 2.27. The quantitative estimate of drug-likeness (QED) is 0.684. The van der Waals surface area contributed by atoms with Crippen LogP contribution in [0.5, 0.6) is 0 Å². The van der Waals surface area contributed by atoms with E-state index >= 15 is 0 Å². The smallest absolute Gasteiger partial charge is 0.276 e. The molecular formula is C19H18N4O2. The lowest BCUT2D eigenvalue weighted by atomic mass is 9.95. The summed E-state index contributed by atoms with van der Waals surface area (Å²) in [5.74, 6) is 0.870. The Morgan fingerprint density at radius 1 is 1.20 bits per heavy atom. The molecule has 0 aromatic carbocycles. The molecule has 6 nitrogen and oxygen atoms in total. The van der Waals surface area contributed by atoms with E-state index < -0.39 is 0 Å². The average molecular weight is 334 g/mol. The van der Waals surface area contributed by atoms with Crippen molar-refractivity contribution in [3.63, 3.8) is 0 Å². The maximum Gasteiger partial charge on any atom is 0.276 e. The molecule has 1 amide bonds. The van der Waals surface area contributed by atoms with Gasteiger partial charge in [-0.1, -0.05) is 5.16 Å². The van der Waals surface area contributed by atoms with Gasteiger partial charge in [-0.15, -0.1) is 0 Å². The summed E-state index contributed by atoms with van der Waals surface area (Å²) in [5, 5.41) is 5.10. The molecule has 4 heterocycles. The van der Waals surface area contributed by atoms with Gasteiger partial charge in [0.15, 0.2) is 11.3 Å². The van der Waals surface area contributed by atoms with Gasteiger partial charge in [0, 0.05) is 48.8 Å². The largest absolute Gasteiger partial charge is 0.360 e. The summed E-state index contributed by atoms with van der Waals surface area (Å²) in [7, 11) is 0. The van der Waals surface area contributed by atoms with E-state index in [4.69, 9.17) is 4.52 Å². The van der Waals surface area contributed by atoms with E-state index in [-0.39, 0.29) is 5.91 Å². The van der Waals surface area contributed by atoms with Gasteiger partial charge in [-0.25, -0.2) is 9.97 Å². The van der Waals surface area contributed by atoms with Gasteiger partial charge in [0.2, 0.25) is 0 Å². The van der Waals surface area contributed by atoms with Crippen LogP contribution in [0.25, 0.3) is 11.0 Å². The monoisotopic (exact) mass is 334 g/mol. The fourth-order valence-electron chi connectivity index (χ4n) is 3.84. The van der Waals surface area contributed by atoms with Crippen LogP contribution in [-0.4, -0.2) is 32.5 Å². The van der Waals surface area contributed by atoms with Gasteiger partial charge in [0.25, 0.3) is 5.91 Å². The topological polar surface area (TPSA) is 72.1 Å². The molecule has 0 fully saturated rings. The number of carbonyl (C=O) groups excluding carboxylic acids is 1. The molecule has 1 aliphatic carbocycles. The van der Waals surface area contributed by atoms with Gasteiger partial charge in [-0.05, 0) is 43.0 Å². The molecule has 0 saturated heterocycles. The minimum absolute atomic E-state index is 0.0242. The van der Waals surface area contributed by atoms with Crippen LogP contribution in [0, 0.1) is 0 Å². The highest BCUT2D eigenvalue weighted by Gasteiger charge is 2.29. The van der Waals surface area contributed by atoms with Crippen molar-refractivity contribution in [2.24, 2.45) is 0 Å². The van der Waals surface area contributed by atoms with Crippen LogP contribution in [0.15, 0.2) is 28.9 Å². The zero-order valence-electron chi connectivity index (χ0n) is 13.9. The summed E-state index contributed by atoms with van der Waals surface area (Å²) in [6, 6.07) is 6.01. The molecule has 126 valence electrons. The number of hydrogen-bond acceptors (Lipinski definition) is 5. The van der Waals surface area contributed by atoms with Crippen molar-refractivity contribution in [3.05, 3.63) is 52.7 Å². The van der Waals surface area contributed by atoms with E-state index in [0.717, 1.165) is 65.7 Å². The van der Waals surface area contributed by atoms with Crippen LogP contribution >= 0.6 is 0 Å². The third-order valence-corrected chi connectivity index (χ3v) is 5.18. The van der Waals surface area contributed by atoms with E-state index in [1.54, 1.807) is 6.20 Å². The summed E-state index contributed by atoms with van der Waals surface area (Å²) < 4.78 is 5.41. The molecule has 1 aliphatic heterocycles. The lowest BCUT2D eigenvalue weighted by molar-refractivity contribution is 0.0722. The van der Waals surface area contributed by atoms with Crippen LogP contribution in [-0.2, 0) is 25.8 Å². The molecule has 25 heavy (non-hydrogen) atoms. The van der Waals surface area contributed by atoms with Crippen LogP contribution in [0.3, 0.4) is 0 Å². The highest BCUT2D eigenvalue weighted by atomic mass is 16.5. The number of rotatable bonds is 1. The Hall–Kier alpha value is -2.76. The molecule has 0 unspecified atom stereocenters. The summed E-state index contributed by atoms with van der Waals surface area (Å²) in [6.45, 7) is 1.21. The van der Waals surface area contributed by atoms with Gasteiger partial charge < -0.3 is 9.42 Å². The minimum atomic E-state index is -0.0242. The van der Waals surface area contributed by atoms with E-state index in [2.05, 4.69) is 21.2 Å². The molecule has 6 heteroatoms. The second-order valence-corrected chi connectivity index (χ2v) is 6.76. The number of fused-ring (bicyclic) bond motifs is 3. The Morgan fingerprint density at radius 3 is 3.08 bits per heavy atom. The first-order valence-electron chi connectivity index (χ1n) is 8.80. The first-order valence-corrected chi connectivity index (χ1v) is 8.80. The van der Waals surface area contributed by atoms with Gasteiger partial charge in [0.05, 0.1) is 0 Å². The third-order valence-electron chi connectivity index (χ3n) is 5.18. The predicted molar refractivity (Wildman–Crippen MR) is 91.1 cm³/mol. The van der Waals surface area contributed by atoms with Crippen molar-refractivity contribution < 1.29 is 9.32 Å². The number of aryl methyl sites for hydroxylation is 1. The SMILES string of the molecule is O=C(c1noc2c1CCCC2)N1CCc2nc3ncccc3cc2C1. The van der Waals surface area contributed by atoms with E-state index in [1.165, 1.54) is 0 Å². The first kappa shape index (κ1) is 14.6. The normalized spacial score (nSPS) is 16.6. The van der Waals surface area contributed by atoms with Crippen molar-refractivity contribution in [2.75, 3.05) is 6.54 Å². The zero-order valence-corrected chi connectivity index (χ0v) is 13.9. The third kappa shape index (κ3) is 2.40. The molecule has 0 bridgehead atoms. The summed E-state index contributed by atoms with van der Waals surface area (Å²) in [6.07, 6.45) is 6.49. The molecule has 0 spiro atoms. The number of nitrogens with zero attached hydrogens (tertiary/aromatic N) is 4. The molecule has 0 saturated carbocycles. The Labute approximate surface area is 144 Å². The molecule has 3 aromatic rings. The Bertz CT molecular complexity index is 979. The second-order valence-electron chi connectivity index (χ2n) is 6.76. The van der Waals surface area contributed by atoms with Crippen molar-refractivity contribution >= 4 is 16.9 Å². The standard InChI is InChI=1S/C19H18N4O2/c24-19(17-14-5-1-2-6-16(14)25-22-17)23-9-7-15-13(11-23)10-12-4-3-8-20-18(12)21-15/h3-4,8,10H,1-2,5-7,9,11H2. The van der Waals surface area contributed by atoms with Crippen molar-refractivity contribution in [1.29, 1.82) is 0 Å². The van der Waals surface area contributed by atoms with Gasteiger partial charge in [0.1, 0.15) is 5.76 Å². The Kier molecular flexibility index (Phi) is 3.29. The van der Waals surface area contributed by atoms with Crippen molar-refractivity contribution in [2.45, 2.75) is 38.6 Å². The van der Waals surface area contributed by atoms with Crippen LogP contribution in [0.2, 0.25) is 0 Å². The van der Waals surface area contributed by atoms with Gasteiger partial charge >= 0.3 is 0 Å². The van der Waals surface area contributed by atoms with Crippen molar-refractivity contribution in [3.8, 4) is 0 Å². The van der Waals surface area contributed by atoms with Crippen LogP contribution in [0.4, 0.5) is 0 Å². The summed E-state index contributed by atoms with van der Waals surface area (Å²) >= 11 is 0. The van der Waals surface area contributed by atoms with E-state index in [9.17, 15) is 4.79 Å². The van der Waals surface area contributed by atoms with E-state index in [1.807, 2.05) is 17.0 Å². The highest BCUT2D eigenvalue weighted by molar-refractivity contribution is 5.94. The summed E-state index contributed by atoms with van der Waals surface area (Å²) in [4.78, 5) is 23.8.